The van der Waals surface area contributed by atoms with Crippen molar-refractivity contribution in [2.24, 2.45) is 0 Å². The summed E-state index contributed by atoms with van der Waals surface area (Å²) in [6.07, 6.45) is 6.58. The Hall–Kier alpha value is -2.06. The van der Waals surface area contributed by atoms with Gasteiger partial charge in [-0.2, -0.15) is 11.3 Å². The number of hydrogen-bond donors (Lipinski definition) is 0. The highest BCUT2D eigenvalue weighted by atomic mass is 32.1. The SMILES string of the molecule is C#CCN(CCC)Cc1cccc(OCc2cc(-c3ccsc3)cs2)c1. The average molecular weight is 382 g/mol. The van der Waals surface area contributed by atoms with Crippen molar-refractivity contribution in [3.05, 3.63) is 63.0 Å². The van der Waals surface area contributed by atoms with E-state index in [1.165, 1.54) is 21.6 Å². The first-order valence-corrected chi connectivity index (χ1v) is 10.6. The Kier molecular flexibility index (Phi) is 6.90. The second kappa shape index (κ2) is 9.59. The Morgan fingerprint density at radius 2 is 2.08 bits per heavy atom. The first-order chi connectivity index (χ1) is 12.8. The van der Waals surface area contributed by atoms with Crippen LogP contribution in [0.25, 0.3) is 11.1 Å². The summed E-state index contributed by atoms with van der Waals surface area (Å²) in [4.78, 5) is 3.52. The molecule has 0 radical (unpaired) electrons. The van der Waals surface area contributed by atoms with Gasteiger partial charge in [0.25, 0.3) is 0 Å². The van der Waals surface area contributed by atoms with Gasteiger partial charge in [0.15, 0.2) is 0 Å². The van der Waals surface area contributed by atoms with E-state index in [0.29, 0.717) is 13.2 Å². The number of ether oxygens (including phenoxy) is 1. The van der Waals surface area contributed by atoms with Crippen molar-refractivity contribution in [3.8, 4) is 29.2 Å². The number of nitrogens with zero attached hydrogens (tertiary/aromatic N) is 1. The third-order valence-corrected chi connectivity index (χ3v) is 5.64. The quantitative estimate of drug-likeness (QED) is 0.428. The molecule has 0 spiro atoms. The lowest BCUT2D eigenvalue weighted by Gasteiger charge is -2.19. The van der Waals surface area contributed by atoms with Crippen LogP contribution in [0.1, 0.15) is 23.8 Å². The van der Waals surface area contributed by atoms with Crippen LogP contribution in [0.15, 0.2) is 52.5 Å². The van der Waals surface area contributed by atoms with Gasteiger partial charge < -0.3 is 4.74 Å². The number of benzene rings is 1. The molecule has 4 heteroatoms. The van der Waals surface area contributed by atoms with Gasteiger partial charge in [-0.25, -0.2) is 0 Å². The Bertz CT molecular complexity index is 845. The molecule has 0 saturated heterocycles. The Morgan fingerprint density at radius 1 is 1.15 bits per heavy atom. The zero-order valence-corrected chi connectivity index (χ0v) is 16.6. The highest BCUT2D eigenvalue weighted by Gasteiger charge is 2.06. The average Bonchev–Trinajstić information content (AvgIpc) is 3.32. The summed E-state index contributed by atoms with van der Waals surface area (Å²) >= 11 is 3.47. The van der Waals surface area contributed by atoms with Crippen LogP contribution in [0.5, 0.6) is 5.75 Å². The second-order valence-electron chi connectivity index (χ2n) is 6.16. The fourth-order valence-corrected chi connectivity index (χ4v) is 4.31. The van der Waals surface area contributed by atoms with Crippen LogP contribution in [-0.2, 0) is 13.2 Å². The minimum Gasteiger partial charge on any atom is -0.488 e. The maximum Gasteiger partial charge on any atom is 0.122 e. The molecule has 0 N–H and O–H groups in total. The van der Waals surface area contributed by atoms with Crippen molar-refractivity contribution in [2.75, 3.05) is 13.1 Å². The molecule has 0 amide bonds. The second-order valence-corrected chi connectivity index (χ2v) is 7.94. The third kappa shape index (κ3) is 5.22. The van der Waals surface area contributed by atoms with E-state index in [0.717, 1.165) is 25.3 Å². The van der Waals surface area contributed by atoms with Gasteiger partial charge in [-0.15, -0.1) is 17.8 Å². The molecule has 0 fully saturated rings. The fraction of sp³-hybridized carbons (Fsp3) is 0.273. The highest BCUT2D eigenvalue weighted by Crippen LogP contribution is 2.28. The topological polar surface area (TPSA) is 12.5 Å². The van der Waals surface area contributed by atoms with Crippen LogP contribution < -0.4 is 4.74 Å². The first-order valence-electron chi connectivity index (χ1n) is 8.76. The lowest BCUT2D eigenvalue weighted by Crippen LogP contribution is -2.24. The molecule has 134 valence electrons. The number of terminal acetylenes is 1. The molecule has 2 aromatic heterocycles. The summed E-state index contributed by atoms with van der Waals surface area (Å²) in [5.41, 5.74) is 3.79. The van der Waals surface area contributed by atoms with Crippen LogP contribution in [0.4, 0.5) is 0 Å². The number of thiophene rings is 2. The van der Waals surface area contributed by atoms with Crippen LogP contribution in [0.2, 0.25) is 0 Å². The fourth-order valence-electron chi connectivity index (χ4n) is 2.84. The maximum atomic E-state index is 6.02. The molecule has 3 aromatic rings. The molecule has 1 aromatic carbocycles. The smallest absolute Gasteiger partial charge is 0.122 e. The van der Waals surface area contributed by atoms with Gasteiger partial charge in [0.1, 0.15) is 12.4 Å². The minimum absolute atomic E-state index is 0.598. The molecular weight excluding hydrogens is 358 g/mol. The van der Waals surface area contributed by atoms with Crippen LogP contribution in [0.3, 0.4) is 0 Å². The molecule has 2 nitrogen and oxygen atoms in total. The van der Waals surface area contributed by atoms with Gasteiger partial charge in [-0.1, -0.05) is 25.0 Å². The van der Waals surface area contributed by atoms with E-state index < -0.39 is 0 Å². The maximum absolute atomic E-state index is 6.02. The van der Waals surface area contributed by atoms with Crippen LogP contribution >= 0.6 is 22.7 Å². The molecule has 0 aliphatic heterocycles. The van der Waals surface area contributed by atoms with Crippen molar-refractivity contribution >= 4 is 22.7 Å². The van der Waals surface area contributed by atoms with Crippen molar-refractivity contribution < 1.29 is 4.74 Å². The Morgan fingerprint density at radius 3 is 2.85 bits per heavy atom. The van der Waals surface area contributed by atoms with Crippen molar-refractivity contribution in [1.82, 2.24) is 4.90 Å². The predicted molar refractivity (Wildman–Crippen MR) is 113 cm³/mol. The summed E-state index contributed by atoms with van der Waals surface area (Å²) in [5.74, 6) is 3.65. The van der Waals surface area contributed by atoms with Gasteiger partial charge in [0.05, 0.1) is 6.54 Å². The summed E-state index contributed by atoms with van der Waals surface area (Å²) in [5, 5.41) is 6.48. The van der Waals surface area contributed by atoms with Gasteiger partial charge in [-0.3, -0.25) is 4.90 Å². The molecule has 0 bridgehead atoms. The summed E-state index contributed by atoms with van der Waals surface area (Å²) in [6, 6.07) is 12.7. The van der Waals surface area contributed by atoms with E-state index in [9.17, 15) is 0 Å². The molecule has 2 heterocycles. The standard InChI is InChI=1S/C22H23NOS2/c1-3-9-23(10-4-2)14-18-6-5-7-21(12-18)24-15-22-13-20(17-26-22)19-8-11-25-16-19/h1,5-8,11-13,16-17H,4,9-10,14-15H2,2H3. The Balaban J connectivity index is 1.59. The largest absolute Gasteiger partial charge is 0.488 e. The lowest BCUT2D eigenvalue weighted by atomic mass is 10.2. The van der Waals surface area contributed by atoms with Gasteiger partial charge in [0.2, 0.25) is 0 Å². The summed E-state index contributed by atoms with van der Waals surface area (Å²) in [7, 11) is 0. The zero-order chi connectivity index (χ0) is 18.2. The summed E-state index contributed by atoms with van der Waals surface area (Å²) < 4.78 is 6.02. The summed E-state index contributed by atoms with van der Waals surface area (Å²) in [6.45, 7) is 5.32. The van der Waals surface area contributed by atoms with Gasteiger partial charge >= 0.3 is 0 Å². The molecule has 26 heavy (non-hydrogen) atoms. The molecule has 0 saturated carbocycles. The number of rotatable bonds is 9. The van der Waals surface area contributed by atoms with Gasteiger partial charge in [-0.05, 0) is 70.1 Å². The van der Waals surface area contributed by atoms with E-state index in [-0.39, 0.29) is 0 Å². The monoisotopic (exact) mass is 381 g/mol. The van der Waals surface area contributed by atoms with Gasteiger partial charge in [0, 0.05) is 11.4 Å². The molecule has 0 unspecified atom stereocenters. The van der Waals surface area contributed by atoms with Crippen LogP contribution in [0, 0.1) is 12.3 Å². The zero-order valence-electron chi connectivity index (χ0n) is 15.0. The van der Waals surface area contributed by atoms with Crippen LogP contribution in [-0.4, -0.2) is 18.0 Å². The van der Waals surface area contributed by atoms with Crippen molar-refractivity contribution in [2.45, 2.75) is 26.5 Å². The molecule has 0 aliphatic carbocycles. The van der Waals surface area contributed by atoms with E-state index in [2.05, 4.69) is 64.2 Å². The molecule has 0 atom stereocenters. The Labute approximate surface area is 164 Å². The number of hydrogen-bond acceptors (Lipinski definition) is 4. The molecular formula is C22H23NOS2. The van der Waals surface area contributed by atoms with Crippen molar-refractivity contribution in [3.63, 3.8) is 0 Å². The normalized spacial score (nSPS) is 10.8. The van der Waals surface area contributed by atoms with E-state index in [4.69, 9.17) is 11.2 Å². The minimum atomic E-state index is 0.598. The third-order valence-electron chi connectivity index (χ3n) is 4.05. The van der Waals surface area contributed by atoms with E-state index in [1.807, 2.05) is 6.07 Å². The molecule has 3 rings (SSSR count). The highest BCUT2D eigenvalue weighted by molar-refractivity contribution is 7.10. The lowest BCUT2D eigenvalue weighted by molar-refractivity contribution is 0.294. The van der Waals surface area contributed by atoms with E-state index >= 15 is 0 Å². The first kappa shape index (κ1) is 18.7. The predicted octanol–water partition coefficient (Wildman–Crippen LogP) is 5.90. The van der Waals surface area contributed by atoms with Crippen molar-refractivity contribution in [1.29, 1.82) is 0 Å². The van der Waals surface area contributed by atoms with E-state index in [1.54, 1.807) is 22.7 Å². The molecule has 0 aliphatic rings.